The highest BCUT2D eigenvalue weighted by atomic mass is 16.6. The van der Waals surface area contributed by atoms with Gasteiger partial charge in [0.05, 0.1) is 23.8 Å². The Morgan fingerprint density at radius 1 is 0.679 bits per heavy atom. The maximum absolute atomic E-state index is 6.10. The van der Waals surface area contributed by atoms with E-state index in [0.717, 1.165) is 47.0 Å². The van der Waals surface area contributed by atoms with Crippen LogP contribution in [0, 0.1) is 0 Å². The first-order chi connectivity index (χ1) is 13.7. The molecule has 28 heavy (non-hydrogen) atoms. The fourth-order valence-electron chi connectivity index (χ4n) is 3.29. The number of aromatic nitrogens is 4. The number of aryl methyl sites for hydroxylation is 2. The molecule has 5 rings (SSSR count). The van der Waals surface area contributed by atoms with Crippen LogP contribution in [-0.2, 0) is 12.8 Å². The van der Waals surface area contributed by atoms with Crippen LogP contribution in [0.4, 0.5) is 0 Å². The zero-order valence-corrected chi connectivity index (χ0v) is 15.7. The minimum absolute atomic E-state index is 0.695. The van der Waals surface area contributed by atoms with E-state index in [4.69, 9.17) is 9.47 Å². The van der Waals surface area contributed by atoms with Gasteiger partial charge in [0.2, 0.25) is 0 Å². The van der Waals surface area contributed by atoms with E-state index in [-0.39, 0.29) is 0 Å². The third kappa shape index (κ3) is 2.83. The lowest BCUT2D eigenvalue weighted by molar-refractivity contribution is 0.360. The van der Waals surface area contributed by atoms with Gasteiger partial charge >= 0.3 is 0 Å². The van der Waals surface area contributed by atoms with Gasteiger partial charge in [0, 0.05) is 24.0 Å². The number of H-pyrrole nitrogens is 2. The average molecular weight is 372 g/mol. The van der Waals surface area contributed by atoms with E-state index in [1.54, 1.807) is 0 Å². The monoisotopic (exact) mass is 372 g/mol. The van der Waals surface area contributed by atoms with Gasteiger partial charge in [-0.2, -0.15) is 0 Å². The second kappa shape index (κ2) is 6.56. The SMILES string of the molecule is CCc1ncc(-c2ccc3c(c2)Oc2ccc(-c4cnc(CC)[nH]4)cc2O3)[nH]1. The predicted octanol–water partition coefficient (Wildman–Crippen LogP) is 5.49. The number of ether oxygens (including phenoxy) is 2. The Labute approximate surface area is 162 Å². The van der Waals surface area contributed by atoms with Crippen molar-refractivity contribution in [3.8, 4) is 45.5 Å². The first-order valence-corrected chi connectivity index (χ1v) is 9.45. The molecule has 2 N–H and O–H groups in total. The minimum Gasteiger partial charge on any atom is -0.449 e. The van der Waals surface area contributed by atoms with Crippen LogP contribution in [0.25, 0.3) is 22.5 Å². The lowest BCUT2D eigenvalue weighted by atomic mass is 10.1. The average Bonchev–Trinajstić information content (AvgIpc) is 3.41. The van der Waals surface area contributed by atoms with Crippen LogP contribution in [0.15, 0.2) is 48.8 Å². The molecule has 4 aromatic rings. The molecule has 2 aromatic heterocycles. The van der Waals surface area contributed by atoms with Crippen molar-refractivity contribution in [2.45, 2.75) is 26.7 Å². The van der Waals surface area contributed by atoms with Crippen molar-refractivity contribution < 1.29 is 9.47 Å². The summed E-state index contributed by atoms with van der Waals surface area (Å²) in [5, 5.41) is 0. The summed E-state index contributed by atoms with van der Waals surface area (Å²) in [4.78, 5) is 15.4. The molecular weight excluding hydrogens is 352 g/mol. The van der Waals surface area contributed by atoms with E-state index in [1.165, 1.54) is 0 Å². The summed E-state index contributed by atoms with van der Waals surface area (Å²) in [5.41, 5.74) is 3.96. The molecule has 1 aliphatic heterocycles. The highest BCUT2D eigenvalue weighted by Gasteiger charge is 2.20. The van der Waals surface area contributed by atoms with Crippen LogP contribution in [-0.4, -0.2) is 19.9 Å². The maximum atomic E-state index is 6.10. The second-order valence-corrected chi connectivity index (χ2v) is 6.72. The Kier molecular flexibility index (Phi) is 3.90. The number of hydrogen-bond donors (Lipinski definition) is 2. The summed E-state index contributed by atoms with van der Waals surface area (Å²) in [6.45, 7) is 4.15. The van der Waals surface area contributed by atoms with Crippen molar-refractivity contribution in [1.29, 1.82) is 0 Å². The third-order valence-corrected chi connectivity index (χ3v) is 4.88. The Hall–Kier alpha value is -3.54. The normalized spacial score (nSPS) is 12.1. The molecular formula is C22H20N4O2. The van der Waals surface area contributed by atoms with Crippen molar-refractivity contribution in [1.82, 2.24) is 19.9 Å². The zero-order chi connectivity index (χ0) is 19.1. The van der Waals surface area contributed by atoms with E-state index >= 15 is 0 Å². The van der Waals surface area contributed by atoms with E-state index < -0.39 is 0 Å². The van der Waals surface area contributed by atoms with E-state index in [9.17, 15) is 0 Å². The van der Waals surface area contributed by atoms with Crippen molar-refractivity contribution in [3.63, 3.8) is 0 Å². The lowest BCUT2D eigenvalue weighted by Crippen LogP contribution is -1.99. The van der Waals surface area contributed by atoms with Crippen molar-refractivity contribution >= 4 is 0 Å². The molecule has 0 radical (unpaired) electrons. The van der Waals surface area contributed by atoms with Crippen LogP contribution in [0.2, 0.25) is 0 Å². The van der Waals surface area contributed by atoms with Crippen molar-refractivity contribution in [2.24, 2.45) is 0 Å². The van der Waals surface area contributed by atoms with Crippen LogP contribution in [0.1, 0.15) is 25.5 Å². The number of aromatic amines is 2. The summed E-state index contributed by atoms with van der Waals surface area (Å²) in [6, 6.07) is 11.8. The number of benzene rings is 2. The summed E-state index contributed by atoms with van der Waals surface area (Å²) < 4.78 is 12.2. The first-order valence-electron chi connectivity index (χ1n) is 9.45. The van der Waals surface area contributed by atoms with Crippen molar-refractivity contribution in [2.75, 3.05) is 0 Å². The number of fused-ring (bicyclic) bond motifs is 2. The molecule has 6 heteroatoms. The molecule has 0 bridgehead atoms. The largest absolute Gasteiger partial charge is 0.449 e. The van der Waals surface area contributed by atoms with Crippen LogP contribution in [0.3, 0.4) is 0 Å². The van der Waals surface area contributed by atoms with Gasteiger partial charge in [0.15, 0.2) is 23.0 Å². The molecule has 0 fully saturated rings. The fourth-order valence-corrected chi connectivity index (χ4v) is 3.29. The summed E-state index contributed by atoms with van der Waals surface area (Å²) in [5.74, 6) is 4.71. The number of nitrogens with zero attached hydrogens (tertiary/aromatic N) is 2. The highest BCUT2D eigenvalue weighted by Crippen LogP contribution is 2.47. The Bertz CT molecular complexity index is 1070. The van der Waals surface area contributed by atoms with Crippen molar-refractivity contribution in [3.05, 3.63) is 60.4 Å². The molecule has 0 saturated heterocycles. The maximum Gasteiger partial charge on any atom is 0.170 e. The summed E-state index contributed by atoms with van der Waals surface area (Å²) >= 11 is 0. The molecule has 0 atom stereocenters. The standard InChI is InChI=1S/C22H20N4O2/c1-3-21-23-11-15(25-21)13-5-7-17-19(9-13)27-18-8-6-14(10-20(18)28-17)16-12-24-22(4-2)26-16/h5-12H,3-4H2,1-2H3,(H,23,25)(H,24,26). The smallest absolute Gasteiger partial charge is 0.170 e. The molecule has 0 spiro atoms. The zero-order valence-electron chi connectivity index (χ0n) is 15.7. The van der Waals surface area contributed by atoms with Gasteiger partial charge in [0.1, 0.15) is 11.6 Å². The molecule has 2 aromatic carbocycles. The Morgan fingerprint density at radius 2 is 1.14 bits per heavy atom. The van der Waals surface area contributed by atoms with Gasteiger partial charge < -0.3 is 19.4 Å². The Morgan fingerprint density at radius 3 is 1.54 bits per heavy atom. The molecule has 0 amide bonds. The van der Waals surface area contributed by atoms with Gasteiger partial charge in [-0.1, -0.05) is 13.8 Å². The van der Waals surface area contributed by atoms with Crippen LogP contribution < -0.4 is 9.47 Å². The van der Waals surface area contributed by atoms with E-state index in [2.05, 4.69) is 33.8 Å². The Balaban J connectivity index is 1.45. The van der Waals surface area contributed by atoms with Gasteiger partial charge in [0.25, 0.3) is 0 Å². The van der Waals surface area contributed by atoms with Gasteiger partial charge in [-0.05, 0) is 36.4 Å². The molecule has 0 aliphatic carbocycles. The second-order valence-electron chi connectivity index (χ2n) is 6.72. The topological polar surface area (TPSA) is 75.8 Å². The minimum atomic E-state index is 0.695. The predicted molar refractivity (Wildman–Crippen MR) is 107 cm³/mol. The fraction of sp³-hybridized carbons (Fsp3) is 0.182. The number of nitrogens with one attached hydrogen (secondary N) is 2. The first kappa shape index (κ1) is 16.6. The molecule has 0 saturated carbocycles. The van der Waals surface area contributed by atoms with Gasteiger partial charge in [-0.3, -0.25) is 0 Å². The summed E-state index contributed by atoms with van der Waals surface area (Å²) in [6.07, 6.45) is 5.44. The quantitative estimate of drug-likeness (QED) is 0.437. The molecule has 1 aliphatic rings. The number of imidazole rings is 2. The van der Waals surface area contributed by atoms with Crippen LogP contribution in [0.5, 0.6) is 23.0 Å². The van der Waals surface area contributed by atoms with Gasteiger partial charge in [-0.25, -0.2) is 9.97 Å². The van der Waals surface area contributed by atoms with E-state index in [0.29, 0.717) is 23.0 Å². The molecule has 140 valence electrons. The van der Waals surface area contributed by atoms with E-state index in [1.807, 2.05) is 48.8 Å². The summed E-state index contributed by atoms with van der Waals surface area (Å²) in [7, 11) is 0. The lowest BCUT2D eigenvalue weighted by Gasteiger charge is -2.21. The number of rotatable bonds is 4. The molecule has 0 unspecified atom stereocenters. The third-order valence-electron chi connectivity index (χ3n) is 4.88. The highest BCUT2D eigenvalue weighted by molar-refractivity contribution is 5.69. The van der Waals surface area contributed by atoms with Crippen LogP contribution >= 0.6 is 0 Å². The molecule has 6 nitrogen and oxygen atoms in total. The van der Waals surface area contributed by atoms with Gasteiger partial charge in [-0.15, -0.1) is 0 Å². The molecule has 3 heterocycles. The number of hydrogen-bond acceptors (Lipinski definition) is 4.